The molecule has 0 saturated heterocycles. The van der Waals surface area contributed by atoms with E-state index in [2.05, 4.69) is 21.5 Å². The van der Waals surface area contributed by atoms with Gasteiger partial charge in [0.15, 0.2) is 0 Å². The highest BCUT2D eigenvalue weighted by molar-refractivity contribution is 5.57. The van der Waals surface area contributed by atoms with Crippen molar-refractivity contribution in [3.8, 4) is 6.07 Å². The van der Waals surface area contributed by atoms with Crippen LogP contribution < -0.4 is 16.2 Å². The Morgan fingerprint density at radius 1 is 1.56 bits per heavy atom. The minimum Gasteiger partial charge on any atom is -0.355 e. The fraction of sp³-hybridized carbons (Fsp3) is 0.500. The molecule has 0 saturated carbocycles. The molecule has 0 radical (unpaired) electrons. The van der Waals surface area contributed by atoms with Crippen molar-refractivity contribution in [3.63, 3.8) is 0 Å². The number of nitriles is 1. The molecule has 0 unspecified atom stereocenters. The van der Waals surface area contributed by atoms with Gasteiger partial charge in [0, 0.05) is 18.7 Å². The topological polar surface area (TPSA) is 90.9 Å². The average Bonchev–Trinajstić information content (AvgIpc) is 2.32. The number of rotatable bonds is 5. The van der Waals surface area contributed by atoms with Gasteiger partial charge in [0.25, 0.3) is 0 Å². The van der Waals surface area contributed by atoms with Crippen LogP contribution in [0.1, 0.15) is 18.9 Å². The first-order valence-corrected chi connectivity index (χ1v) is 5.14. The minimum absolute atomic E-state index is 0.475. The third kappa shape index (κ3) is 2.58. The van der Waals surface area contributed by atoms with Crippen LogP contribution in [0.15, 0.2) is 6.33 Å². The summed E-state index contributed by atoms with van der Waals surface area (Å²) in [4.78, 5) is 10.3. The van der Waals surface area contributed by atoms with Gasteiger partial charge in [-0.1, -0.05) is 0 Å². The molecule has 1 heterocycles. The zero-order valence-corrected chi connectivity index (χ0v) is 9.56. The van der Waals surface area contributed by atoms with Crippen molar-refractivity contribution in [1.82, 2.24) is 9.97 Å². The Bertz CT molecular complexity index is 383. The van der Waals surface area contributed by atoms with Gasteiger partial charge in [-0.05, 0) is 13.8 Å². The molecule has 0 spiro atoms. The smallest absolute Gasteiger partial charge is 0.148 e. The molecule has 6 nitrogen and oxygen atoms in total. The van der Waals surface area contributed by atoms with E-state index in [9.17, 15) is 0 Å². The number of hydrogen-bond acceptors (Lipinski definition) is 6. The molecule has 0 aliphatic carbocycles. The molecule has 0 aliphatic rings. The van der Waals surface area contributed by atoms with Crippen LogP contribution >= 0.6 is 0 Å². The van der Waals surface area contributed by atoms with Crippen LogP contribution in [-0.2, 0) is 0 Å². The number of aromatic nitrogens is 2. The van der Waals surface area contributed by atoms with E-state index in [1.54, 1.807) is 0 Å². The lowest BCUT2D eigenvalue weighted by atomic mass is 10.2. The molecule has 16 heavy (non-hydrogen) atoms. The second-order valence-corrected chi connectivity index (χ2v) is 3.30. The molecule has 0 aromatic carbocycles. The van der Waals surface area contributed by atoms with Crippen molar-refractivity contribution in [2.75, 3.05) is 23.4 Å². The second kappa shape index (κ2) is 5.88. The van der Waals surface area contributed by atoms with Crippen molar-refractivity contribution in [3.05, 3.63) is 11.9 Å². The van der Waals surface area contributed by atoms with E-state index < -0.39 is 0 Å². The number of hydrazine groups is 1. The van der Waals surface area contributed by atoms with Crippen LogP contribution in [0.4, 0.5) is 11.6 Å². The molecule has 6 heteroatoms. The zero-order chi connectivity index (χ0) is 12.0. The fourth-order valence-electron chi connectivity index (χ4n) is 1.50. The predicted octanol–water partition coefficient (Wildman–Crippen LogP) is 0.811. The Morgan fingerprint density at radius 2 is 2.31 bits per heavy atom. The molecular formula is C10H16N6. The maximum Gasteiger partial charge on any atom is 0.148 e. The summed E-state index contributed by atoms with van der Waals surface area (Å²) in [5.74, 6) is 6.78. The lowest BCUT2D eigenvalue weighted by molar-refractivity contribution is 0.802. The number of nitrogens with one attached hydrogen (secondary N) is 1. The molecule has 0 amide bonds. The largest absolute Gasteiger partial charge is 0.355 e. The summed E-state index contributed by atoms with van der Waals surface area (Å²) in [6.45, 7) is 5.38. The molecule has 0 bridgehead atoms. The summed E-state index contributed by atoms with van der Waals surface area (Å²) in [5, 5.41) is 8.59. The van der Waals surface area contributed by atoms with Crippen LogP contribution in [0.5, 0.6) is 0 Å². The van der Waals surface area contributed by atoms with Crippen LogP contribution in [0.25, 0.3) is 0 Å². The standard InChI is InChI=1S/C10H16N6/c1-3-16(6-4-5-11)10-8(2)9(15-12)13-7-14-10/h7H,3-4,6,12H2,1-2H3,(H,13,14,15). The van der Waals surface area contributed by atoms with E-state index in [0.29, 0.717) is 18.8 Å². The van der Waals surface area contributed by atoms with E-state index in [1.165, 1.54) is 6.33 Å². The van der Waals surface area contributed by atoms with Gasteiger partial charge in [-0.3, -0.25) is 0 Å². The molecule has 1 aromatic heterocycles. The highest BCUT2D eigenvalue weighted by Gasteiger charge is 2.11. The number of nitrogens with two attached hydrogens (primary N) is 1. The van der Waals surface area contributed by atoms with Gasteiger partial charge >= 0.3 is 0 Å². The first-order chi connectivity index (χ1) is 7.74. The molecule has 0 fully saturated rings. The summed E-state index contributed by atoms with van der Waals surface area (Å²) in [5.41, 5.74) is 3.42. The highest BCUT2D eigenvalue weighted by Crippen LogP contribution is 2.21. The number of anilines is 2. The summed E-state index contributed by atoms with van der Waals surface area (Å²) >= 11 is 0. The Morgan fingerprint density at radius 3 is 2.88 bits per heavy atom. The van der Waals surface area contributed by atoms with E-state index in [-0.39, 0.29) is 0 Å². The summed E-state index contributed by atoms with van der Waals surface area (Å²) in [6.07, 6.45) is 1.94. The van der Waals surface area contributed by atoms with E-state index in [4.69, 9.17) is 11.1 Å². The Hall–Kier alpha value is -1.87. The number of nitrogens with zero attached hydrogens (tertiary/aromatic N) is 4. The van der Waals surface area contributed by atoms with Gasteiger partial charge in [-0.2, -0.15) is 5.26 Å². The van der Waals surface area contributed by atoms with Crippen LogP contribution in [0, 0.1) is 18.3 Å². The lowest BCUT2D eigenvalue weighted by Crippen LogP contribution is -2.26. The van der Waals surface area contributed by atoms with E-state index >= 15 is 0 Å². The zero-order valence-electron chi connectivity index (χ0n) is 9.56. The molecular weight excluding hydrogens is 204 g/mol. The van der Waals surface area contributed by atoms with Crippen molar-refractivity contribution in [1.29, 1.82) is 5.26 Å². The third-order valence-corrected chi connectivity index (χ3v) is 2.37. The fourth-order valence-corrected chi connectivity index (χ4v) is 1.50. The minimum atomic E-state index is 0.475. The molecule has 0 aliphatic heterocycles. The second-order valence-electron chi connectivity index (χ2n) is 3.30. The van der Waals surface area contributed by atoms with E-state index in [1.807, 2.05) is 18.7 Å². The van der Waals surface area contributed by atoms with Crippen LogP contribution in [0.3, 0.4) is 0 Å². The SMILES string of the molecule is CCN(CCC#N)c1ncnc(NN)c1C. The van der Waals surface area contributed by atoms with Crippen LogP contribution in [-0.4, -0.2) is 23.1 Å². The van der Waals surface area contributed by atoms with Gasteiger partial charge < -0.3 is 10.3 Å². The quantitative estimate of drug-likeness (QED) is 0.563. The van der Waals surface area contributed by atoms with Crippen molar-refractivity contribution in [2.24, 2.45) is 5.84 Å². The monoisotopic (exact) mass is 220 g/mol. The summed E-state index contributed by atoms with van der Waals surface area (Å²) in [6, 6.07) is 2.12. The highest BCUT2D eigenvalue weighted by atomic mass is 15.3. The first kappa shape index (κ1) is 12.2. The molecule has 1 aromatic rings. The van der Waals surface area contributed by atoms with Crippen molar-refractivity contribution < 1.29 is 0 Å². The van der Waals surface area contributed by atoms with Gasteiger partial charge in [-0.25, -0.2) is 15.8 Å². The Labute approximate surface area is 95.1 Å². The maximum absolute atomic E-state index is 8.59. The average molecular weight is 220 g/mol. The summed E-state index contributed by atoms with van der Waals surface area (Å²) in [7, 11) is 0. The maximum atomic E-state index is 8.59. The predicted molar refractivity (Wildman–Crippen MR) is 62.7 cm³/mol. The third-order valence-electron chi connectivity index (χ3n) is 2.37. The molecule has 0 atom stereocenters. The first-order valence-electron chi connectivity index (χ1n) is 5.14. The van der Waals surface area contributed by atoms with Gasteiger partial charge in [0.1, 0.15) is 18.0 Å². The lowest BCUT2D eigenvalue weighted by Gasteiger charge is -2.22. The molecule has 86 valence electrons. The number of nitrogen functional groups attached to an aromatic ring is 1. The van der Waals surface area contributed by atoms with E-state index in [0.717, 1.165) is 17.9 Å². The van der Waals surface area contributed by atoms with Gasteiger partial charge in [0.2, 0.25) is 0 Å². The molecule has 1 rings (SSSR count). The van der Waals surface area contributed by atoms with Gasteiger partial charge in [-0.15, -0.1) is 0 Å². The number of hydrogen-bond donors (Lipinski definition) is 2. The molecule has 3 N–H and O–H groups in total. The van der Waals surface area contributed by atoms with Crippen LogP contribution in [0.2, 0.25) is 0 Å². The van der Waals surface area contributed by atoms with Gasteiger partial charge in [0.05, 0.1) is 12.5 Å². The Kier molecular flexibility index (Phi) is 4.48. The van der Waals surface area contributed by atoms with Crippen molar-refractivity contribution >= 4 is 11.6 Å². The normalized spacial score (nSPS) is 9.62. The van der Waals surface area contributed by atoms with Crippen molar-refractivity contribution in [2.45, 2.75) is 20.3 Å². The Balaban J connectivity index is 2.96. The summed E-state index contributed by atoms with van der Waals surface area (Å²) < 4.78 is 0.